The van der Waals surface area contributed by atoms with Crippen LogP contribution >= 0.6 is 0 Å². The van der Waals surface area contributed by atoms with E-state index in [0.717, 1.165) is 44.9 Å². The molecule has 0 bridgehead atoms. The first kappa shape index (κ1) is 23.1. The van der Waals surface area contributed by atoms with Crippen molar-refractivity contribution in [1.82, 2.24) is 9.80 Å². The quantitative estimate of drug-likeness (QED) is 0.343. The van der Waals surface area contributed by atoms with E-state index in [9.17, 15) is 4.79 Å². The summed E-state index contributed by atoms with van der Waals surface area (Å²) in [5, 5.41) is 8.85. The van der Waals surface area contributed by atoms with Crippen LogP contribution in [-0.4, -0.2) is 67.3 Å². The molecule has 0 fully saturated rings. The smallest absolute Gasteiger partial charge is 0.323 e. The van der Waals surface area contributed by atoms with Gasteiger partial charge in [-0.05, 0) is 39.0 Å². The fourth-order valence-electron chi connectivity index (χ4n) is 2.17. The Balaban J connectivity index is 4.41. The van der Waals surface area contributed by atoms with Crippen LogP contribution in [0.4, 0.5) is 4.79 Å². The molecule has 0 saturated carbocycles. The summed E-state index contributed by atoms with van der Waals surface area (Å²) < 4.78 is 11.2. The molecule has 0 unspecified atom stereocenters. The van der Waals surface area contributed by atoms with Gasteiger partial charge in [0.1, 0.15) is 13.5 Å². The molecule has 0 heterocycles. The van der Waals surface area contributed by atoms with Gasteiger partial charge in [0.05, 0.1) is 0 Å². The van der Waals surface area contributed by atoms with Crippen molar-refractivity contribution in [2.75, 3.05) is 46.4 Å². The van der Waals surface area contributed by atoms with Crippen LogP contribution in [-0.2, 0) is 9.47 Å². The minimum Gasteiger partial charge on any atom is -0.396 e. The summed E-state index contributed by atoms with van der Waals surface area (Å²) in [7, 11) is 0. The number of nitrogens with zero attached hydrogens (tertiary/aromatic N) is 2. The maximum absolute atomic E-state index is 12.7. The number of carbonyl (C=O) groups is 1. The van der Waals surface area contributed by atoms with Gasteiger partial charge in [-0.25, -0.2) is 4.79 Å². The Kier molecular flexibility index (Phi) is 16.4. The second-order valence-corrected chi connectivity index (χ2v) is 5.97. The molecule has 6 nitrogen and oxygen atoms in total. The zero-order valence-corrected chi connectivity index (χ0v) is 16.0. The van der Waals surface area contributed by atoms with Crippen LogP contribution in [0.2, 0.25) is 0 Å². The molecular formula is C18H38N2O4. The molecule has 0 aliphatic carbocycles. The van der Waals surface area contributed by atoms with Gasteiger partial charge in [0.25, 0.3) is 0 Å². The molecule has 6 heteroatoms. The predicted octanol–water partition coefficient (Wildman–Crippen LogP) is 3.44. The van der Waals surface area contributed by atoms with Crippen molar-refractivity contribution in [3.8, 4) is 0 Å². The summed E-state index contributed by atoms with van der Waals surface area (Å²) in [5.74, 6) is 0. The molecule has 0 aliphatic heterocycles. The number of aliphatic hydroxyl groups is 1. The molecule has 0 rings (SSSR count). The Morgan fingerprint density at radius 2 is 1.42 bits per heavy atom. The number of ether oxygens (including phenoxy) is 2. The van der Waals surface area contributed by atoms with Crippen LogP contribution in [0, 0.1) is 0 Å². The number of rotatable bonds is 16. The summed E-state index contributed by atoms with van der Waals surface area (Å²) in [4.78, 5) is 16.2. The van der Waals surface area contributed by atoms with E-state index in [4.69, 9.17) is 14.6 Å². The predicted molar refractivity (Wildman–Crippen MR) is 96.9 cm³/mol. The number of hydrogen-bond donors (Lipinski definition) is 1. The zero-order chi connectivity index (χ0) is 18.0. The molecule has 144 valence electrons. The highest BCUT2D eigenvalue weighted by Crippen LogP contribution is 2.05. The van der Waals surface area contributed by atoms with E-state index >= 15 is 0 Å². The third-order valence-corrected chi connectivity index (χ3v) is 3.79. The van der Waals surface area contributed by atoms with Crippen LogP contribution in [0.3, 0.4) is 0 Å². The number of aliphatic hydroxyl groups excluding tert-OH is 1. The second-order valence-electron chi connectivity index (χ2n) is 5.97. The molecule has 1 N–H and O–H groups in total. The van der Waals surface area contributed by atoms with Gasteiger partial charge in [-0.3, -0.25) is 4.90 Å². The Morgan fingerprint density at radius 3 is 1.88 bits per heavy atom. The summed E-state index contributed by atoms with van der Waals surface area (Å²) in [6.07, 6.45) is 6.77. The average Bonchev–Trinajstić information content (AvgIpc) is 2.60. The third-order valence-electron chi connectivity index (χ3n) is 3.79. The lowest BCUT2D eigenvalue weighted by atomic mass is 10.2. The fourth-order valence-corrected chi connectivity index (χ4v) is 2.17. The molecule has 0 aliphatic rings. The average molecular weight is 347 g/mol. The molecule has 0 aromatic heterocycles. The molecule has 0 spiro atoms. The number of amides is 2. The first-order valence-electron chi connectivity index (χ1n) is 9.51. The molecule has 0 aromatic rings. The third kappa shape index (κ3) is 11.6. The molecule has 0 aromatic carbocycles. The maximum atomic E-state index is 12.7. The van der Waals surface area contributed by atoms with E-state index in [0.29, 0.717) is 26.3 Å². The highest BCUT2D eigenvalue weighted by Gasteiger charge is 2.19. The summed E-state index contributed by atoms with van der Waals surface area (Å²) >= 11 is 0. The van der Waals surface area contributed by atoms with E-state index in [1.807, 2.05) is 11.8 Å². The largest absolute Gasteiger partial charge is 0.396 e. The van der Waals surface area contributed by atoms with Gasteiger partial charge in [0, 0.05) is 32.9 Å². The van der Waals surface area contributed by atoms with E-state index in [-0.39, 0.29) is 26.1 Å². The maximum Gasteiger partial charge on any atom is 0.323 e. The van der Waals surface area contributed by atoms with Gasteiger partial charge in [0.2, 0.25) is 0 Å². The van der Waals surface area contributed by atoms with E-state index < -0.39 is 0 Å². The van der Waals surface area contributed by atoms with Crippen molar-refractivity contribution in [2.24, 2.45) is 0 Å². The first-order chi connectivity index (χ1) is 11.7. The second kappa shape index (κ2) is 17.0. The van der Waals surface area contributed by atoms with Crippen LogP contribution in [0.5, 0.6) is 0 Å². The molecular weight excluding hydrogens is 308 g/mol. The highest BCUT2D eigenvalue weighted by molar-refractivity contribution is 5.74. The van der Waals surface area contributed by atoms with Crippen LogP contribution in [0.1, 0.15) is 65.7 Å². The van der Waals surface area contributed by atoms with E-state index in [1.165, 1.54) is 0 Å². The molecule has 0 atom stereocenters. The molecule has 0 saturated heterocycles. The number of unbranched alkanes of at least 4 members (excludes halogenated alkanes) is 4. The van der Waals surface area contributed by atoms with Gasteiger partial charge < -0.3 is 19.5 Å². The lowest BCUT2D eigenvalue weighted by molar-refractivity contribution is -0.0296. The van der Waals surface area contributed by atoms with Gasteiger partial charge in [-0.15, -0.1) is 0 Å². The van der Waals surface area contributed by atoms with Crippen LogP contribution < -0.4 is 0 Å². The summed E-state index contributed by atoms with van der Waals surface area (Å²) in [6.45, 7) is 9.68. The molecule has 0 radical (unpaired) electrons. The van der Waals surface area contributed by atoms with Gasteiger partial charge in [0.15, 0.2) is 0 Å². The zero-order valence-electron chi connectivity index (χ0n) is 16.0. The van der Waals surface area contributed by atoms with Gasteiger partial charge >= 0.3 is 6.03 Å². The van der Waals surface area contributed by atoms with Crippen molar-refractivity contribution in [3.63, 3.8) is 0 Å². The minimum absolute atomic E-state index is 0.0329. The first-order valence-corrected chi connectivity index (χ1v) is 9.51. The standard InChI is InChI=1S/C18H38N2O4/c1-4-7-14-23-16-20(17-24-15-8-5-2)18(22)19(6-3)12-10-9-11-13-21/h21H,4-17H2,1-3H3. The van der Waals surface area contributed by atoms with Crippen molar-refractivity contribution < 1.29 is 19.4 Å². The number of urea groups is 1. The monoisotopic (exact) mass is 346 g/mol. The lowest BCUT2D eigenvalue weighted by Crippen LogP contribution is -2.45. The van der Waals surface area contributed by atoms with E-state index in [1.54, 1.807) is 4.90 Å². The number of hydrogen-bond acceptors (Lipinski definition) is 4. The van der Waals surface area contributed by atoms with Crippen molar-refractivity contribution in [1.29, 1.82) is 0 Å². The molecule has 24 heavy (non-hydrogen) atoms. The SMILES string of the molecule is CCCCOCN(COCCCC)C(=O)N(CC)CCCCCO. The minimum atomic E-state index is -0.0329. The van der Waals surface area contributed by atoms with Crippen LogP contribution in [0.15, 0.2) is 0 Å². The molecule has 2 amide bonds. The van der Waals surface area contributed by atoms with Crippen molar-refractivity contribution in [2.45, 2.75) is 65.7 Å². The van der Waals surface area contributed by atoms with Crippen LogP contribution in [0.25, 0.3) is 0 Å². The normalized spacial score (nSPS) is 10.8. The van der Waals surface area contributed by atoms with E-state index in [2.05, 4.69) is 13.8 Å². The van der Waals surface area contributed by atoms with Gasteiger partial charge in [-0.1, -0.05) is 26.7 Å². The summed E-state index contributed by atoms with van der Waals surface area (Å²) in [5.41, 5.74) is 0. The Labute approximate surface area is 148 Å². The summed E-state index contributed by atoms with van der Waals surface area (Å²) in [6, 6.07) is -0.0329. The Hall–Kier alpha value is -0.850. The highest BCUT2D eigenvalue weighted by atomic mass is 16.5. The Bertz CT molecular complexity index is 278. The van der Waals surface area contributed by atoms with Crippen molar-refractivity contribution >= 4 is 6.03 Å². The van der Waals surface area contributed by atoms with Gasteiger partial charge in [-0.2, -0.15) is 0 Å². The fraction of sp³-hybridized carbons (Fsp3) is 0.944. The topological polar surface area (TPSA) is 62.2 Å². The lowest BCUT2D eigenvalue weighted by Gasteiger charge is -2.29. The van der Waals surface area contributed by atoms with Crippen molar-refractivity contribution in [3.05, 3.63) is 0 Å². The Morgan fingerprint density at radius 1 is 0.833 bits per heavy atom. The number of carbonyl (C=O) groups excluding carboxylic acids is 1.